The molecule has 0 saturated heterocycles. The molecule has 0 aliphatic carbocycles. The molecule has 22 heavy (non-hydrogen) atoms. The minimum Gasteiger partial charge on any atom is -0.478 e. The number of hydrogen-bond acceptors (Lipinski definition) is 3. The van der Waals surface area contributed by atoms with Crippen LogP contribution in [0.1, 0.15) is 19.4 Å². The monoisotopic (exact) mass is 316 g/mol. The Kier molecular flexibility index (Phi) is 4.19. The number of para-hydroxylation sites is 1. The van der Waals surface area contributed by atoms with Crippen molar-refractivity contribution in [2.75, 3.05) is 6.61 Å². The van der Waals surface area contributed by atoms with Gasteiger partial charge in [0.15, 0.2) is 0 Å². The zero-order valence-electron chi connectivity index (χ0n) is 12.0. The molecule has 120 valence electrons. The first kappa shape index (κ1) is 16.4. The van der Waals surface area contributed by atoms with Crippen LogP contribution in [0.3, 0.4) is 0 Å². The topological polar surface area (TPSA) is 55.8 Å². The number of carboxylic acid groups (broad SMARTS) is 1. The summed E-state index contributed by atoms with van der Waals surface area (Å²) in [7, 11) is 0. The maximum Gasteiger partial charge on any atom is 0.460 e. The molecule has 7 heteroatoms. The lowest BCUT2D eigenvalue weighted by Gasteiger charge is -2.38. The Morgan fingerprint density at radius 3 is 2.55 bits per heavy atom. The van der Waals surface area contributed by atoms with E-state index in [2.05, 4.69) is 0 Å². The molecule has 1 N–H and O–H groups in total. The van der Waals surface area contributed by atoms with Gasteiger partial charge in [0.2, 0.25) is 0 Å². The molecule has 0 saturated carbocycles. The summed E-state index contributed by atoms with van der Waals surface area (Å²) in [5, 5.41) is 9.20. The van der Waals surface area contributed by atoms with Crippen LogP contribution in [0.25, 0.3) is 6.08 Å². The molecule has 0 aromatic heterocycles. The number of rotatable bonds is 4. The van der Waals surface area contributed by atoms with Crippen LogP contribution in [0, 0.1) is 5.92 Å². The number of alkyl halides is 3. The zero-order valence-corrected chi connectivity index (χ0v) is 12.0. The van der Waals surface area contributed by atoms with Crippen LogP contribution in [-0.4, -0.2) is 29.6 Å². The van der Waals surface area contributed by atoms with Crippen molar-refractivity contribution < 1.29 is 32.5 Å². The fraction of sp³-hybridized carbons (Fsp3) is 0.400. The Morgan fingerprint density at radius 1 is 1.36 bits per heavy atom. The van der Waals surface area contributed by atoms with E-state index in [-0.39, 0.29) is 23.8 Å². The van der Waals surface area contributed by atoms with Gasteiger partial charge in [-0.3, -0.25) is 0 Å². The Morgan fingerprint density at radius 2 is 2.00 bits per heavy atom. The normalized spacial score (nSPS) is 21.1. The maximum absolute atomic E-state index is 13.6. The van der Waals surface area contributed by atoms with Crippen molar-refractivity contribution in [1.82, 2.24) is 0 Å². The van der Waals surface area contributed by atoms with Gasteiger partial charge in [0, 0.05) is 5.56 Å². The third kappa shape index (κ3) is 2.81. The maximum atomic E-state index is 13.6. The van der Waals surface area contributed by atoms with Crippen molar-refractivity contribution in [3.63, 3.8) is 0 Å². The second-order valence-corrected chi connectivity index (χ2v) is 5.32. The summed E-state index contributed by atoms with van der Waals surface area (Å²) in [6.07, 6.45) is -4.10. The second-order valence-electron chi connectivity index (χ2n) is 5.32. The van der Waals surface area contributed by atoms with Gasteiger partial charge in [-0.25, -0.2) is 4.79 Å². The molecule has 1 aliphatic rings. The molecular formula is C15H15F3O4. The first-order chi connectivity index (χ1) is 10.2. The van der Waals surface area contributed by atoms with Gasteiger partial charge in [-0.15, -0.1) is 0 Å². The number of fused-ring (bicyclic) bond motifs is 1. The first-order valence-corrected chi connectivity index (χ1v) is 6.61. The fourth-order valence-corrected chi connectivity index (χ4v) is 2.04. The van der Waals surface area contributed by atoms with Crippen LogP contribution in [0.4, 0.5) is 13.2 Å². The Balaban J connectivity index is 2.59. The van der Waals surface area contributed by atoms with Crippen molar-refractivity contribution >= 4 is 12.0 Å². The summed E-state index contributed by atoms with van der Waals surface area (Å²) >= 11 is 0. The van der Waals surface area contributed by atoms with Gasteiger partial charge in [-0.2, -0.15) is 13.2 Å². The van der Waals surface area contributed by atoms with Gasteiger partial charge >= 0.3 is 17.9 Å². The third-order valence-corrected chi connectivity index (χ3v) is 3.05. The van der Waals surface area contributed by atoms with Crippen molar-refractivity contribution in [1.29, 1.82) is 0 Å². The number of aliphatic carboxylic acids is 1. The average molecular weight is 316 g/mol. The molecule has 0 spiro atoms. The highest BCUT2D eigenvalue weighted by Crippen LogP contribution is 2.46. The summed E-state index contributed by atoms with van der Waals surface area (Å²) < 4.78 is 50.7. The van der Waals surface area contributed by atoms with Crippen LogP contribution >= 0.6 is 0 Å². The predicted molar refractivity (Wildman–Crippen MR) is 72.3 cm³/mol. The number of benzene rings is 1. The molecule has 1 atom stereocenters. The number of halogens is 3. The fourth-order valence-electron chi connectivity index (χ4n) is 2.04. The zero-order chi connectivity index (χ0) is 16.5. The van der Waals surface area contributed by atoms with Gasteiger partial charge in [0.1, 0.15) is 11.3 Å². The van der Waals surface area contributed by atoms with Crippen molar-refractivity contribution in [3.05, 3.63) is 35.4 Å². The van der Waals surface area contributed by atoms with Gasteiger partial charge < -0.3 is 14.6 Å². The average Bonchev–Trinajstić information content (AvgIpc) is 2.42. The molecule has 0 fully saturated rings. The van der Waals surface area contributed by atoms with Gasteiger partial charge in [-0.05, 0) is 18.1 Å². The minimum absolute atomic E-state index is 0.0754. The lowest BCUT2D eigenvalue weighted by atomic mass is 9.97. The Hall–Kier alpha value is -2.02. The minimum atomic E-state index is -5.04. The molecule has 0 bridgehead atoms. The van der Waals surface area contributed by atoms with Crippen LogP contribution in [0.15, 0.2) is 29.8 Å². The molecular weight excluding hydrogens is 301 g/mol. The molecule has 2 rings (SSSR count). The van der Waals surface area contributed by atoms with Crippen LogP contribution in [0.2, 0.25) is 0 Å². The van der Waals surface area contributed by atoms with Crippen molar-refractivity contribution in [2.45, 2.75) is 25.8 Å². The number of carboxylic acids is 1. The molecule has 4 nitrogen and oxygen atoms in total. The van der Waals surface area contributed by atoms with E-state index in [1.54, 1.807) is 19.9 Å². The van der Waals surface area contributed by atoms with Crippen molar-refractivity contribution in [2.24, 2.45) is 5.92 Å². The highest BCUT2D eigenvalue weighted by atomic mass is 19.4. The van der Waals surface area contributed by atoms with E-state index in [1.807, 2.05) is 0 Å². The van der Waals surface area contributed by atoms with E-state index in [1.165, 1.54) is 18.2 Å². The van der Waals surface area contributed by atoms with Gasteiger partial charge in [0.25, 0.3) is 0 Å². The summed E-state index contributed by atoms with van der Waals surface area (Å²) in [6, 6.07) is 5.89. The second kappa shape index (κ2) is 5.64. The van der Waals surface area contributed by atoms with Gasteiger partial charge in [-0.1, -0.05) is 32.0 Å². The highest BCUT2D eigenvalue weighted by Gasteiger charge is 2.65. The molecule has 1 aromatic rings. The van der Waals surface area contributed by atoms with Crippen LogP contribution < -0.4 is 4.74 Å². The SMILES string of the molecule is CC(C)COC1(C(F)(F)F)Oc2ccccc2C=C1C(=O)O. The van der Waals surface area contributed by atoms with E-state index in [9.17, 15) is 23.1 Å². The molecule has 1 heterocycles. The van der Waals surface area contributed by atoms with E-state index >= 15 is 0 Å². The summed E-state index contributed by atoms with van der Waals surface area (Å²) in [6.45, 7) is 3.02. The lowest BCUT2D eigenvalue weighted by molar-refractivity contribution is -0.335. The van der Waals surface area contributed by atoms with Crippen LogP contribution in [0.5, 0.6) is 5.75 Å². The molecule has 1 unspecified atom stereocenters. The number of ether oxygens (including phenoxy) is 2. The molecule has 1 aliphatic heterocycles. The molecule has 0 radical (unpaired) electrons. The first-order valence-electron chi connectivity index (χ1n) is 6.61. The lowest BCUT2D eigenvalue weighted by Crippen LogP contribution is -2.57. The Bertz CT molecular complexity index is 607. The third-order valence-electron chi connectivity index (χ3n) is 3.05. The van der Waals surface area contributed by atoms with E-state index in [0.29, 0.717) is 0 Å². The standard InChI is InChI=1S/C15H15F3O4/c1-9(2)8-21-14(15(16,17)18)11(13(19)20)7-10-5-3-4-6-12(10)22-14/h3-7,9H,8H2,1-2H3,(H,19,20). The van der Waals surface area contributed by atoms with E-state index in [0.717, 1.165) is 6.08 Å². The highest BCUT2D eigenvalue weighted by molar-refractivity contribution is 5.95. The number of carbonyl (C=O) groups is 1. The largest absolute Gasteiger partial charge is 0.478 e. The summed E-state index contributed by atoms with van der Waals surface area (Å²) in [5.41, 5.74) is -0.729. The summed E-state index contributed by atoms with van der Waals surface area (Å²) in [5.74, 6) is -5.35. The van der Waals surface area contributed by atoms with Crippen LogP contribution in [-0.2, 0) is 9.53 Å². The molecule has 0 amide bonds. The van der Waals surface area contributed by atoms with Gasteiger partial charge in [0.05, 0.1) is 6.61 Å². The smallest absolute Gasteiger partial charge is 0.460 e. The quantitative estimate of drug-likeness (QED) is 0.924. The number of hydrogen-bond donors (Lipinski definition) is 1. The summed E-state index contributed by atoms with van der Waals surface area (Å²) in [4.78, 5) is 11.3. The molecule has 1 aromatic carbocycles. The van der Waals surface area contributed by atoms with E-state index < -0.39 is 23.5 Å². The Labute approximate surface area is 125 Å². The van der Waals surface area contributed by atoms with Crippen molar-refractivity contribution in [3.8, 4) is 5.75 Å². The predicted octanol–water partition coefficient (Wildman–Crippen LogP) is 3.48. The van der Waals surface area contributed by atoms with E-state index in [4.69, 9.17) is 9.47 Å².